The van der Waals surface area contributed by atoms with Crippen molar-refractivity contribution in [3.05, 3.63) is 24.3 Å². The van der Waals surface area contributed by atoms with E-state index in [1.54, 1.807) is 0 Å². The number of carbonyl (C=O) groups is 1. The van der Waals surface area contributed by atoms with Crippen molar-refractivity contribution in [2.24, 2.45) is 0 Å². The molecule has 1 aliphatic carbocycles. The van der Waals surface area contributed by atoms with Crippen LogP contribution in [0.2, 0.25) is 0 Å². The predicted molar refractivity (Wildman–Crippen MR) is 184 cm³/mol. The summed E-state index contributed by atoms with van der Waals surface area (Å²) in [6, 6.07) is 0. The van der Waals surface area contributed by atoms with Crippen molar-refractivity contribution in [1.82, 2.24) is 0 Å². The lowest BCUT2D eigenvalue weighted by molar-refractivity contribution is -0.220. The molecule has 7 N–H and O–H groups in total. The first-order chi connectivity index (χ1) is 23.0. The van der Waals surface area contributed by atoms with Gasteiger partial charge in [-0.05, 0) is 38.5 Å². The minimum absolute atomic E-state index is 0.189. The number of phosphoric acid groups is 1. The number of phosphoric ester groups is 1. The van der Waals surface area contributed by atoms with Gasteiger partial charge in [0.1, 0.15) is 49.3 Å². The topological polar surface area (TPSA) is 203 Å². The maximum Gasteiger partial charge on any atom is 0.472 e. The molecule has 12 nitrogen and oxygen atoms in total. The van der Waals surface area contributed by atoms with Gasteiger partial charge in [0.05, 0.1) is 6.61 Å². The average molecular weight is 709 g/mol. The first kappa shape index (κ1) is 44.8. The SMILES string of the molecule is CCCCCCC/C=C\C/C=C\CCCCCCCCCCCCCC(=O)OCC(O)COP(=O)(O)OC1C(O)C(O)C(O)C(O)C1O. The van der Waals surface area contributed by atoms with Crippen LogP contribution in [0.25, 0.3) is 0 Å². The minimum Gasteiger partial charge on any atom is -0.463 e. The molecule has 0 bridgehead atoms. The molecule has 282 valence electrons. The van der Waals surface area contributed by atoms with E-state index in [9.17, 15) is 44.9 Å². The van der Waals surface area contributed by atoms with Crippen molar-refractivity contribution in [3.63, 3.8) is 0 Å². The molecule has 1 fully saturated rings. The summed E-state index contributed by atoms with van der Waals surface area (Å²) >= 11 is 0. The summed E-state index contributed by atoms with van der Waals surface area (Å²) in [5.41, 5.74) is 0. The zero-order valence-electron chi connectivity index (χ0n) is 29.0. The zero-order valence-corrected chi connectivity index (χ0v) is 29.9. The highest BCUT2D eigenvalue weighted by atomic mass is 31.2. The van der Waals surface area contributed by atoms with Crippen molar-refractivity contribution in [2.75, 3.05) is 13.2 Å². The van der Waals surface area contributed by atoms with E-state index >= 15 is 0 Å². The van der Waals surface area contributed by atoms with Gasteiger partial charge in [-0.25, -0.2) is 4.57 Å². The van der Waals surface area contributed by atoms with Crippen molar-refractivity contribution in [1.29, 1.82) is 0 Å². The van der Waals surface area contributed by atoms with Crippen LogP contribution in [0.5, 0.6) is 0 Å². The van der Waals surface area contributed by atoms with Gasteiger partial charge in [-0.3, -0.25) is 13.8 Å². The first-order valence-electron chi connectivity index (χ1n) is 18.2. The lowest BCUT2D eigenvalue weighted by Crippen LogP contribution is -2.64. The number of allylic oxidation sites excluding steroid dienone is 4. The Morgan fingerprint density at radius 3 is 1.58 bits per heavy atom. The molecule has 0 spiro atoms. The molecule has 13 heteroatoms. The van der Waals surface area contributed by atoms with E-state index < -0.39 is 69.7 Å². The fourth-order valence-electron chi connectivity index (χ4n) is 5.49. The molecule has 0 aromatic rings. The molecular formula is C35H65O12P. The van der Waals surface area contributed by atoms with Crippen molar-refractivity contribution in [3.8, 4) is 0 Å². The van der Waals surface area contributed by atoms with E-state index in [0.717, 1.165) is 25.7 Å². The molecule has 1 saturated carbocycles. The number of rotatable bonds is 29. The van der Waals surface area contributed by atoms with E-state index in [1.165, 1.54) is 89.9 Å². The van der Waals surface area contributed by atoms with Crippen molar-refractivity contribution >= 4 is 13.8 Å². The van der Waals surface area contributed by atoms with Gasteiger partial charge in [0.25, 0.3) is 0 Å². The van der Waals surface area contributed by atoms with Crippen LogP contribution in [-0.2, 0) is 23.1 Å². The number of unbranched alkanes of at least 4 members (excludes halogenated alkanes) is 16. The lowest BCUT2D eigenvalue weighted by Gasteiger charge is -2.41. The molecule has 0 radical (unpaired) electrons. The number of aliphatic hydroxyl groups is 6. The largest absolute Gasteiger partial charge is 0.472 e. The highest BCUT2D eigenvalue weighted by Gasteiger charge is 2.51. The molecule has 0 aromatic carbocycles. The van der Waals surface area contributed by atoms with Crippen LogP contribution in [0.3, 0.4) is 0 Å². The predicted octanol–water partition coefficient (Wildman–Crippen LogP) is 5.15. The number of hydrogen-bond donors (Lipinski definition) is 7. The Kier molecular flexibility index (Phi) is 25.7. The second kappa shape index (κ2) is 27.5. The Labute approximate surface area is 287 Å². The maximum atomic E-state index is 12.2. The van der Waals surface area contributed by atoms with E-state index in [4.69, 9.17) is 4.74 Å². The third-order valence-corrected chi connectivity index (χ3v) is 9.51. The molecule has 0 aliphatic heterocycles. The number of hydrogen-bond acceptors (Lipinski definition) is 11. The summed E-state index contributed by atoms with van der Waals surface area (Å²) in [5, 5.41) is 58.7. The molecular weight excluding hydrogens is 643 g/mol. The van der Waals surface area contributed by atoms with Crippen LogP contribution in [0.4, 0.5) is 0 Å². The average Bonchev–Trinajstić information content (AvgIpc) is 3.07. The van der Waals surface area contributed by atoms with Gasteiger partial charge in [0.2, 0.25) is 0 Å². The molecule has 0 aromatic heterocycles. The third kappa shape index (κ3) is 21.1. The fraction of sp³-hybridized carbons (Fsp3) is 0.857. The second-order valence-electron chi connectivity index (χ2n) is 12.9. The number of carbonyl (C=O) groups excluding carboxylic acids is 1. The Hall–Kier alpha value is -1.18. The molecule has 1 aliphatic rings. The number of aliphatic hydroxyl groups excluding tert-OH is 6. The highest BCUT2D eigenvalue weighted by Crippen LogP contribution is 2.47. The smallest absolute Gasteiger partial charge is 0.463 e. The number of esters is 1. The monoisotopic (exact) mass is 708 g/mol. The van der Waals surface area contributed by atoms with Crippen LogP contribution in [0.1, 0.15) is 135 Å². The van der Waals surface area contributed by atoms with Crippen LogP contribution in [0.15, 0.2) is 24.3 Å². The maximum absolute atomic E-state index is 12.2. The molecule has 1 rings (SSSR count). The van der Waals surface area contributed by atoms with Crippen LogP contribution in [0, 0.1) is 0 Å². The number of ether oxygens (including phenoxy) is 1. The quantitative estimate of drug-likeness (QED) is 0.0234. The summed E-state index contributed by atoms with van der Waals surface area (Å²) < 4.78 is 26.4. The molecule has 6 unspecified atom stereocenters. The van der Waals surface area contributed by atoms with Gasteiger partial charge in [0.15, 0.2) is 0 Å². The standard InChI is InChI=1S/C35H65O12P/c1-2-3-4-5-6-7-8-9-10-11-12-13-14-15-16-17-18-19-20-21-22-23-24-25-29(37)45-26-28(36)27-46-48(43,44)47-35-33(41)31(39)30(38)32(40)34(35)42/h8-9,11-12,28,30-36,38-42H,2-7,10,13-27H2,1H3,(H,43,44)/b9-8-,12-11-. The summed E-state index contributed by atoms with van der Waals surface area (Å²) in [4.78, 5) is 21.8. The van der Waals surface area contributed by atoms with E-state index in [-0.39, 0.29) is 6.42 Å². The molecule has 0 amide bonds. The molecule has 48 heavy (non-hydrogen) atoms. The Morgan fingerprint density at radius 2 is 1.08 bits per heavy atom. The fourth-order valence-corrected chi connectivity index (χ4v) is 6.47. The van der Waals surface area contributed by atoms with Gasteiger partial charge < -0.3 is 40.3 Å². The summed E-state index contributed by atoms with van der Waals surface area (Å²) in [6.45, 7) is 0.992. The Morgan fingerprint density at radius 1 is 0.646 bits per heavy atom. The van der Waals surface area contributed by atoms with Crippen LogP contribution >= 0.6 is 7.82 Å². The Bertz CT molecular complexity index is 900. The van der Waals surface area contributed by atoms with E-state index in [2.05, 4.69) is 40.3 Å². The molecule has 0 heterocycles. The summed E-state index contributed by atoms with van der Waals surface area (Å²) in [6.07, 6.45) is 18.8. The molecule has 6 atom stereocenters. The first-order valence-corrected chi connectivity index (χ1v) is 19.7. The van der Waals surface area contributed by atoms with E-state index in [1.807, 2.05) is 0 Å². The van der Waals surface area contributed by atoms with Gasteiger partial charge >= 0.3 is 13.8 Å². The van der Waals surface area contributed by atoms with Gasteiger partial charge in [-0.15, -0.1) is 0 Å². The van der Waals surface area contributed by atoms with Crippen molar-refractivity contribution in [2.45, 2.75) is 178 Å². The van der Waals surface area contributed by atoms with Gasteiger partial charge in [-0.2, -0.15) is 0 Å². The second-order valence-corrected chi connectivity index (χ2v) is 14.3. The van der Waals surface area contributed by atoms with Crippen molar-refractivity contribution < 1.29 is 58.7 Å². The van der Waals surface area contributed by atoms with E-state index in [0.29, 0.717) is 6.42 Å². The van der Waals surface area contributed by atoms with Crippen LogP contribution in [-0.4, -0.2) is 97.4 Å². The molecule has 0 saturated heterocycles. The van der Waals surface area contributed by atoms with Gasteiger partial charge in [-0.1, -0.05) is 115 Å². The third-order valence-electron chi connectivity index (χ3n) is 8.53. The summed E-state index contributed by atoms with van der Waals surface area (Å²) in [7, 11) is -4.99. The summed E-state index contributed by atoms with van der Waals surface area (Å²) in [5.74, 6) is -0.511. The highest BCUT2D eigenvalue weighted by molar-refractivity contribution is 7.47. The van der Waals surface area contributed by atoms with Gasteiger partial charge in [0, 0.05) is 6.42 Å². The zero-order chi connectivity index (χ0) is 35.6. The minimum atomic E-state index is -4.99. The normalized spacial score (nSPS) is 25.1. The Balaban J connectivity index is 1.95. The lowest BCUT2D eigenvalue weighted by atomic mass is 9.85. The van der Waals surface area contributed by atoms with Crippen LogP contribution < -0.4 is 0 Å².